The van der Waals surface area contributed by atoms with E-state index in [0.29, 0.717) is 17.3 Å². The fourth-order valence-corrected chi connectivity index (χ4v) is 5.61. The van der Waals surface area contributed by atoms with Crippen molar-refractivity contribution in [2.75, 3.05) is 13.1 Å². The van der Waals surface area contributed by atoms with Gasteiger partial charge in [0.15, 0.2) is 6.17 Å². The molecular weight excluding hydrogens is 453 g/mol. The van der Waals surface area contributed by atoms with Crippen molar-refractivity contribution < 1.29 is 18.7 Å². The molecule has 0 bridgehead atoms. The van der Waals surface area contributed by atoms with Crippen LogP contribution in [0.1, 0.15) is 23.3 Å². The average molecular weight is 474 g/mol. The molecule has 9 heteroatoms. The van der Waals surface area contributed by atoms with Gasteiger partial charge in [-0.3, -0.25) is 19.5 Å². The van der Waals surface area contributed by atoms with Crippen molar-refractivity contribution in [2.24, 2.45) is 0 Å². The number of aromatic nitrogens is 1. The van der Waals surface area contributed by atoms with E-state index in [9.17, 15) is 14.0 Å². The van der Waals surface area contributed by atoms with Gasteiger partial charge in [-0.05, 0) is 36.8 Å². The smallest absolute Gasteiger partial charge is 0.230 e. The molecule has 0 aliphatic carbocycles. The summed E-state index contributed by atoms with van der Waals surface area (Å²) in [6, 6.07) is 7.41. The summed E-state index contributed by atoms with van der Waals surface area (Å²) < 4.78 is 21.3. The first kappa shape index (κ1) is 21.3. The summed E-state index contributed by atoms with van der Waals surface area (Å²) >= 11 is 7.86. The van der Waals surface area contributed by atoms with Gasteiger partial charge in [-0.15, -0.1) is 11.3 Å². The van der Waals surface area contributed by atoms with E-state index < -0.39 is 12.3 Å². The lowest BCUT2D eigenvalue weighted by Crippen LogP contribution is -2.27. The SMILES string of the molecule is Cc1cc(Cl)cc(-c2ccnc3cc(CN4C(=O)CCC4=O)sc23)c1O[C@@H]1CNC[C@@H]1F. The standard InChI is InChI=1S/C23H21ClFN3O3S/c1-12-6-13(24)7-16(22(12)31-19-10-26-9-17(19)25)15-4-5-27-18-8-14(32-23(15)18)11-28-20(29)2-3-21(28)30/h4-8,17,19,26H,2-3,9-11H2,1H3/t17-,19+/m0/s1. The monoisotopic (exact) mass is 473 g/mol. The van der Waals surface area contributed by atoms with Crippen LogP contribution in [0.25, 0.3) is 21.3 Å². The molecule has 2 atom stereocenters. The number of pyridine rings is 1. The van der Waals surface area contributed by atoms with Gasteiger partial charge >= 0.3 is 0 Å². The molecule has 2 aromatic heterocycles. The number of hydrogen-bond donors (Lipinski definition) is 1. The van der Waals surface area contributed by atoms with Crippen LogP contribution in [-0.4, -0.2) is 47.1 Å². The van der Waals surface area contributed by atoms with Gasteiger partial charge in [0, 0.05) is 53.2 Å². The minimum Gasteiger partial charge on any atom is -0.485 e. The maximum Gasteiger partial charge on any atom is 0.230 e. The van der Waals surface area contributed by atoms with Crippen molar-refractivity contribution in [3.05, 3.63) is 45.9 Å². The molecule has 2 fully saturated rings. The van der Waals surface area contributed by atoms with Crippen LogP contribution in [0.3, 0.4) is 0 Å². The van der Waals surface area contributed by atoms with Gasteiger partial charge in [-0.25, -0.2) is 4.39 Å². The lowest BCUT2D eigenvalue weighted by atomic mass is 10.0. The number of nitrogens with zero attached hydrogens (tertiary/aromatic N) is 2. The number of benzene rings is 1. The predicted octanol–water partition coefficient (Wildman–Crippen LogP) is 4.26. The maximum absolute atomic E-state index is 14.3. The second-order valence-corrected chi connectivity index (χ2v) is 9.66. The zero-order chi connectivity index (χ0) is 22.4. The Bertz CT molecular complexity index is 1210. The Labute approximate surface area is 193 Å². The molecular formula is C23H21ClFN3O3S. The highest BCUT2D eigenvalue weighted by molar-refractivity contribution is 7.19. The van der Waals surface area contributed by atoms with Crippen molar-refractivity contribution in [3.8, 4) is 16.9 Å². The summed E-state index contributed by atoms with van der Waals surface area (Å²) in [7, 11) is 0. The molecule has 0 radical (unpaired) electrons. The fourth-order valence-electron chi connectivity index (χ4n) is 4.21. The Morgan fingerprint density at radius 3 is 2.72 bits per heavy atom. The first-order chi connectivity index (χ1) is 15.4. The second-order valence-electron chi connectivity index (χ2n) is 8.09. The quantitative estimate of drug-likeness (QED) is 0.560. The number of imide groups is 1. The summed E-state index contributed by atoms with van der Waals surface area (Å²) in [4.78, 5) is 30.7. The van der Waals surface area contributed by atoms with Gasteiger partial charge in [0.05, 0.1) is 16.8 Å². The van der Waals surface area contributed by atoms with Gasteiger partial charge in [0.25, 0.3) is 0 Å². The third-order valence-corrected chi connectivity index (χ3v) is 7.18. The molecule has 0 unspecified atom stereocenters. The van der Waals surface area contributed by atoms with Crippen LogP contribution >= 0.6 is 22.9 Å². The summed E-state index contributed by atoms with van der Waals surface area (Å²) in [5.41, 5.74) is 3.22. The Kier molecular flexibility index (Phi) is 5.61. The number of alkyl halides is 1. The van der Waals surface area contributed by atoms with E-state index in [2.05, 4.69) is 10.3 Å². The molecule has 3 aromatic rings. The molecule has 2 aliphatic rings. The molecule has 2 amide bonds. The normalized spacial score (nSPS) is 21.2. The Hall–Kier alpha value is -2.55. The minimum absolute atomic E-state index is 0.146. The van der Waals surface area contributed by atoms with Gasteiger partial charge < -0.3 is 10.1 Å². The van der Waals surface area contributed by atoms with Crippen LogP contribution in [0, 0.1) is 6.92 Å². The fraction of sp³-hybridized carbons (Fsp3) is 0.348. The van der Waals surface area contributed by atoms with Crippen molar-refractivity contribution in [1.29, 1.82) is 0 Å². The van der Waals surface area contributed by atoms with E-state index in [-0.39, 0.29) is 37.7 Å². The number of hydrogen-bond acceptors (Lipinski definition) is 6. The highest BCUT2D eigenvalue weighted by atomic mass is 35.5. The Morgan fingerprint density at radius 1 is 1.22 bits per heavy atom. The number of thiophene rings is 1. The molecule has 1 aromatic carbocycles. The van der Waals surface area contributed by atoms with Gasteiger partial charge in [-0.1, -0.05) is 11.6 Å². The number of carbonyl (C=O) groups is 2. The first-order valence-electron chi connectivity index (χ1n) is 10.4. The van der Waals surface area contributed by atoms with Gasteiger partial charge in [-0.2, -0.15) is 0 Å². The van der Waals surface area contributed by atoms with Crippen LogP contribution in [0.2, 0.25) is 5.02 Å². The molecule has 0 saturated carbocycles. The summed E-state index contributed by atoms with van der Waals surface area (Å²) in [5, 5.41) is 3.57. The number of aryl methyl sites for hydroxylation is 1. The number of amides is 2. The molecule has 32 heavy (non-hydrogen) atoms. The third-order valence-electron chi connectivity index (χ3n) is 5.82. The minimum atomic E-state index is -1.08. The zero-order valence-electron chi connectivity index (χ0n) is 17.4. The lowest BCUT2D eigenvalue weighted by Gasteiger charge is -2.20. The first-order valence-corrected chi connectivity index (χ1v) is 11.6. The molecule has 0 spiro atoms. The van der Waals surface area contributed by atoms with E-state index >= 15 is 0 Å². The van der Waals surface area contributed by atoms with E-state index in [4.69, 9.17) is 16.3 Å². The highest BCUT2D eigenvalue weighted by Gasteiger charge is 2.31. The van der Waals surface area contributed by atoms with Crippen molar-refractivity contribution in [3.63, 3.8) is 0 Å². The summed E-state index contributed by atoms with van der Waals surface area (Å²) in [6.07, 6.45) is 0.578. The van der Waals surface area contributed by atoms with Crippen molar-refractivity contribution >= 4 is 45.0 Å². The van der Waals surface area contributed by atoms with E-state index in [1.807, 2.05) is 25.1 Å². The van der Waals surface area contributed by atoms with Crippen molar-refractivity contribution in [2.45, 2.75) is 38.6 Å². The van der Waals surface area contributed by atoms with Crippen LogP contribution in [-0.2, 0) is 16.1 Å². The average Bonchev–Trinajstić information content (AvgIpc) is 3.44. The van der Waals surface area contributed by atoms with Crippen molar-refractivity contribution in [1.82, 2.24) is 15.2 Å². The highest BCUT2D eigenvalue weighted by Crippen LogP contribution is 2.42. The maximum atomic E-state index is 14.3. The molecule has 166 valence electrons. The molecule has 6 nitrogen and oxygen atoms in total. The number of rotatable bonds is 5. The molecule has 2 aliphatic heterocycles. The third kappa shape index (κ3) is 3.87. The van der Waals surface area contributed by atoms with Crippen LogP contribution in [0.15, 0.2) is 30.5 Å². The van der Waals surface area contributed by atoms with Crippen LogP contribution in [0.5, 0.6) is 5.75 Å². The lowest BCUT2D eigenvalue weighted by molar-refractivity contribution is -0.138. The Balaban J connectivity index is 1.56. The van der Waals surface area contributed by atoms with Gasteiger partial charge in [0.1, 0.15) is 11.9 Å². The summed E-state index contributed by atoms with van der Waals surface area (Å²) in [5.74, 6) is 0.304. The zero-order valence-corrected chi connectivity index (χ0v) is 18.9. The molecule has 1 N–H and O–H groups in total. The van der Waals surface area contributed by atoms with Gasteiger partial charge in [0.2, 0.25) is 11.8 Å². The molecule has 2 saturated heterocycles. The summed E-state index contributed by atoms with van der Waals surface area (Å²) in [6.45, 7) is 2.85. The number of carbonyl (C=O) groups excluding carboxylic acids is 2. The number of likely N-dealkylation sites (tertiary alicyclic amines) is 1. The number of halogens is 2. The molecule has 5 rings (SSSR count). The van der Waals surface area contributed by atoms with E-state index in [1.165, 1.54) is 16.2 Å². The number of ether oxygens (including phenoxy) is 1. The van der Waals surface area contributed by atoms with E-state index in [1.54, 1.807) is 12.3 Å². The van der Waals surface area contributed by atoms with E-state index in [0.717, 1.165) is 31.8 Å². The Morgan fingerprint density at radius 2 is 2.00 bits per heavy atom. The predicted molar refractivity (Wildman–Crippen MR) is 122 cm³/mol. The number of fused-ring (bicyclic) bond motifs is 1. The molecule has 4 heterocycles. The number of nitrogens with one attached hydrogen (secondary N) is 1. The topological polar surface area (TPSA) is 71.5 Å². The second kappa shape index (κ2) is 8.42. The van der Waals surface area contributed by atoms with Crippen LogP contribution < -0.4 is 10.1 Å². The largest absolute Gasteiger partial charge is 0.485 e. The van der Waals surface area contributed by atoms with Crippen LogP contribution in [0.4, 0.5) is 4.39 Å².